The molecule has 0 amide bonds. The summed E-state index contributed by atoms with van der Waals surface area (Å²) >= 11 is 0. The summed E-state index contributed by atoms with van der Waals surface area (Å²) in [6.07, 6.45) is -1.27. The van der Waals surface area contributed by atoms with Crippen molar-refractivity contribution < 1.29 is 22.6 Å². The van der Waals surface area contributed by atoms with Gasteiger partial charge in [-0.2, -0.15) is 13.2 Å². The standard InChI is InChI=1S/C22H32F3NO2/c1-14(2)8-17-12-26-7-6-16-9-20(28-13-22(23,24)25)19(27-5)10-18(16)21(26,4)11-15(17)3/h9-10,14-15,17H,6-8,11-13H2,1-5H3/t15-,17-,21-/m0/s1. The summed E-state index contributed by atoms with van der Waals surface area (Å²) in [7, 11) is 1.48. The van der Waals surface area contributed by atoms with Crippen LogP contribution in [0.15, 0.2) is 12.1 Å². The second-order valence-corrected chi connectivity index (χ2v) is 9.10. The average Bonchev–Trinajstić information content (AvgIpc) is 2.59. The van der Waals surface area contributed by atoms with E-state index in [1.807, 2.05) is 6.07 Å². The number of hydrogen-bond acceptors (Lipinski definition) is 3. The van der Waals surface area contributed by atoms with Crippen LogP contribution in [0, 0.1) is 17.8 Å². The van der Waals surface area contributed by atoms with Crippen molar-refractivity contribution in [3.05, 3.63) is 23.3 Å². The number of fused-ring (bicyclic) bond motifs is 3. The molecule has 0 unspecified atom stereocenters. The van der Waals surface area contributed by atoms with Gasteiger partial charge in [0.05, 0.1) is 7.11 Å². The maximum Gasteiger partial charge on any atom is 0.422 e. The van der Waals surface area contributed by atoms with Crippen LogP contribution in [0.1, 0.15) is 51.7 Å². The molecule has 3 nitrogen and oxygen atoms in total. The van der Waals surface area contributed by atoms with Crippen LogP contribution in [0.3, 0.4) is 0 Å². The lowest BCUT2D eigenvalue weighted by molar-refractivity contribution is -0.153. The number of rotatable bonds is 5. The topological polar surface area (TPSA) is 21.7 Å². The van der Waals surface area contributed by atoms with Crippen LogP contribution in [-0.2, 0) is 12.0 Å². The fourth-order valence-electron chi connectivity index (χ4n) is 5.12. The Morgan fingerprint density at radius 3 is 2.57 bits per heavy atom. The van der Waals surface area contributed by atoms with E-state index in [1.165, 1.54) is 19.1 Å². The second kappa shape index (κ2) is 7.77. The molecule has 1 fully saturated rings. The number of methoxy groups -OCH3 is 1. The van der Waals surface area contributed by atoms with Crippen molar-refractivity contribution in [2.24, 2.45) is 17.8 Å². The number of benzene rings is 1. The first-order valence-corrected chi connectivity index (χ1v) is 10.2. The highest BCUT2D eigenvalue weighted by Gasteiger charge is 2.46. The van der Waals surface area contributed by atoms with Gasteiger partial charge >= 0.3 is 6.18 Å². The molecule has 0 aromatic heterocycles. The molecule has 1 aromatic rings. The van der Waals surface area contributed by atoms with Crippen molar-refractivity contribution in [2.45, 2.75) is 58.7 Å². The molecular weight excluding hydrogens is 367 g/mol. The van der Waals surface area contributed by atoms with Gasteiger partial charge in [0.15, 0.2) is 18.1 Å². The van der Waals surface area contributed by atoms with E-state index in [0.717, 1.165) is 31.5 Å². The maximum atomic E-state index is 12.6. The Kier molecular flexibility index (Phi) is 5.91. The largest absolute Gasteiger partial charge is 0.493 e. The average molecular weight is 399 g/mol. The molecule has 28 heavy (non-hydrogen) atoms. The lowest BCUT2D eigenvalue weighted by atomic mass is 9.68. The van der Waals surface area contributed by atoms with E-state index in [-0.39, 0.29) is 11.3 Å². The molecular formula is C22H32F3NO2. The third kappa shape index (κ3) is 4.27. The fourth-order valence-corrected chi connectivity index (χ4v) is 5.12. The first-order chi connectivity index (χ1) is 13.0. The minimum Gasteiger partial charge on any atom is -0.493 e. The minimum atomic E-state index is -4.37. The summed E-state index contributed by atoms with van der Waals surface area (Å²) < 4.78 is 48.2. The fraction of sp³-hybridized carbons (Fsp3) is 0.727. The Labute approximate surface area is 166 Å². The molecule has 3 atom stereocenters. The predicted molar refractivity (Wildman–Crippen MR) is 104 cm³/mol. The Hall–Kier alpha value is -1.43. The van der Waals surface area contributed by atoms with Gasteiger partial charge in [-0.25, -0.2) is 0 Å². The van der Waals surface area contributed by atoms with Crippen molar-refractivity contribution >= 4 is 0 Å². The lowest BCUT2D eigenvalue weighted by Crippen LogP contribution is -2.56. The molecule has 2 aliphatic heterocycles. The first kappa shape index (κ1) is 21.3. The van der Waals surface area contributed by atoms with Crippen LogP contribution in [0.2, 0.25) is 0 Å². The minimum absolute atomic E-state index is 0.115. The van der Waals surface area contributed by atoms with Gasteiger partial charge in [-0.15, -0.1) is 0 Å². The quantitative estimate of drug-likeness (QED) is 0.661. The smallest absolute Gasteiger partial charge is 0.422 e. The molecule has 0 radical (unpaired) electrons. The zero-order chi connectivity index (χ0) is 20.7. The van der Waals surface area contributed by atoms with Crippen molar-refractivity contribution in [2.75, 3.05) is 26.8 Å². The van der Waals surface area contributed by atoms with E-state index in [4.69, 9.17) is 9.47 Å². The number of hydrogen-bond donors (Lipinski definition) is 0. The molecule has 3 rings (SSSR count). The molecule has 0 N–H and O–H groups in total. The van der Waals surface area contributed by atoms with Crippen LogP contribution in [0.4, 0.5) is 13.2 Å². The van der Waals surface area contributed by atoms with Crippen molar-refractivity contribution in [1.29, 1.82) is 0 Å². The highest BCUT2D eigenvalue weighted by Crippen LogP contribution is 2.49. The highest BCUT2D eigenvalue weighted by atomic mass is 19.4. The number of nitrogens with zero attached hydrogens (tertiary/aromatic N) is 1. The zero-order valence-corrected chi connectivity index (χ0v) is 17.5. The van der Waals surface area contributed by atoms with Gasteiger partial charge in [-0.1, -0.05) is 20.8 Å². The van der Waals surface area contributed by atoms with Gasteiger partial charge < -0.3 is 9.47 Å². The lowest BCUT2D eigenvalue weighted by Gasteiger charge is -2.54. The second-order valence-electron chi connectivity index (χ2n) is 9.10. The van der Waals surface area contributed by atoms with Gasteiger partial charge in [0.2, 0.25) is 0 Å². The van der Waals surface area contributed by atoms with Gasteiger partial charge in [0.25, 0.3) is 0 Å². The molecule has 158 valence electrons. The van der Waals surface area contributed by atoms with Crippen LogP contribution >= 0.6 is 0 Å². The van der Waals surface area contributed by atoms with Crippen LogP contribution in [-0.4, -0.2) is 37.9 Å². The van der Waals surface area contributed by atoms with Crippen molar-refractivity contribution in [3.63, 3.8) is 0 Å². The molecule has 2 aliphatic rings. The van der Waals surface area contributed by atoms with Crippen LogP contribution in [0.25, 0.3) is 0 Å². The number of alkyl halides is 3. The van der Waals surface area contributed by atoms with Gasteiger partial charge in [-0.3, -0.25) is 4.90 Å². The molecule has 0 bridgehead atoms. The van der Waals surface area contributed by atoms with E-state index >= 15 is 0 Å². The van der Waals surface area contributed by atoms with Crippen LogP contribution < -0.4 is 9.47 Å². The van der Waals surface area contributed by atoms with E-state index < -0.39 is 12.8 Å². The van der Waals surface area contributed by atoms with E-state index in [9.17, 15) is 13.2 Å². The molecule has 0 spiro atoms. The van der Waals surface area contributed by atoms with E-state index in [0.29, 0.717) is 23.5 Å². The third-order valence-electron chi connectivity index (χ3n) is 6.46. The molecule has 6 heteroatoms. The van der Waals surface area contributed by atoms with E-state index in [2.05, 4.69) is 32.6 Å². The number of piperidine rings is 1. The Bertz CT molecular complexity index is 704. The number of halogens is 3. The van der Waals surface area contributed by atoms with Crippen molar-refractivity contribution in [1.82, 2.24) is 4.90 Å². The van der Waals surface area contributed by atoms with Crippen molar-refractivity contribution in [3.8, 4) is 11.5 Å². The third-order valence-corrected chi connectivity index (χ3v) is 6.46. The highest BCUT2D eigenvalue weighted by molar-refractivity contribution is 5.51. The molecule has 2 heterocycles. The molecule has 1 aromatic carbocycles. The predicted octanol–water partition coefficient (Wildman–Crippen LogP) is 5.41. The monoisotopic (exact) mass is 399 g/mol. The summed E-state index contributed by atoms with van der Waals surface area (Å²) in [6.45, 7) is 9.85. The SMILES string of the molecule is COc1cc2c(cc1OCC(F)(F)F)CCN1C[C@H](CC(C)C)[C@@H](C)C[C@@]21C. The number of ether oxygens (including phenoxy) is 2. The summed E-state index contributed by atoms with van der Waals surface area (Å²) in [5.41, 5.74) is 2.13. The summed E-state index contributed by atoms with van der Waals surface area (Å²) in [5.74, 6) is 2.52. The van der Waals surface area contributed by atoms with E-state index in [1.54, 1.807) is 6.07 Å². The molecule has 0 aliphatic carbocycles. The Morgan fingerprint density at radius 2 is 1.96 bits per heavy atom. The first-order valence-electron chi connectivity index (χ1n) is 10.2. The van der Waals surface area contributed by atoms with Crippen LogP contribution in [0.5, 0.6) is 11.5 Å². The van der Waals surface area contributed by atoms with Gasteiger partial charge in [0.1, 0.15) is 0 Å². The Balaban J connectivity index is 1.90. The summed E-state index contributed by atoms with van der Waals surface area (Å²) in [6, 6.07) is 3.66. The van der Waals surface area contributed by atoms with Gasteiger partial charge in [0, 0.05) is 18.6 Å². The Morgan fingerprint density at radius 1 is 1.25 bits per heavy atom. The summed E-state index contributed by atoms with van der Waals surface area (Å²) in [4.78, 5) is 2.57. The van der Waals surface area contributed by atoms with Gasteiger partial charge in [-0.05, 0) is 67.2 Å². The summed E-state index contributed by atoms with van der Waals surface area (Å²) in [5, 5.41) is 0. The zero-order valence-electron chi connectivity index (χ0n) is 17.5. The molecule has 0 saturated carbocycles. The maximum absolute atomic E-state index is 12.6. The molecule has 1 saturated heterocycles. The normalized spacial score (nSPS) is 28.0.